The fraction of sp³-hybridized carbons (Fsp3) is 0. The van der Waals surface area contributed by atoms with Crippen LogP contribution in [0, 0.1) is 0 Å². The number of hydrogen-bond donors (Lipinski definition) is 1. The van der Waals surface area contributed by atoms with Gasteiger partial charge in [-0.25, -0.2) is 4.98 Å². The third-order valence-corrected chi connectivity index (χ3v) is 3.72. The Morgan fingerprint density at radius 2 is 1.79 bits per heavy atom. The number of hydrogen-bond acceptors (Lipinski definition) is 5. The highest BCUT2D eigenvalue weighted by molar-refractivity contribution is 6.12. The lowest BCUT2D eigenvalue weighted by atomic mass is 9.99. The van der Waals surface area contributed by atoms with Crippen LogP contribution in [0.5, 0.6) is 5.75 Å². The van der Waals surface area contributed by atoms with Gasteiger partial charge in [-0.15, -0.1) is 0 Å². The highest BCUT2D eigenvalue weighted by Crippen LogP contribution is 2.29. The standard InChI is InChI=1S/C19H11NO4/c21-12-6-7-15-16(9-12)24-17-10-13(22)8-14(18(17)20-15)19(23)11-4-2-1-3-5-11/h1-10,21H. The monoisotopic (exact) mass is 317 g/mol. The predicted octanol–water partition coefficient (Wildman–Crippen LogP) is 3.23. The summed E-state index contributed by atoms with van der Waals surface area (Å²) in [6, 6.07) is 15.7. The van der Waals surface area contributed by atoms with Gasteiger partial charge in [0.05, 0.1) is 5.56 Å². The Balaban J connectivity index is 2.01. The first-order chi connectivity index (χ1) is 11.6. The second-order valence-electron chi connectivity index (χ2n) is 5.38. The van der Waals surface area contributed by atoms with E-state index in [-0.39, 0.29) is 28.3 Å². The minimum Gasteiger partial charge on any atom is -0.508 e. The van der Waals surface area contributed by atoms with E-state index in [0.29, 0.717) is 22.4 Å². The Morgan fingerprint density at radius 1 is 1.00 bits per heavy atom. The van der Waals surface area contributed by atoms with Crippen LogP contribution in [0.1, 0.15) is 15.9 Å². The van der Waals surface area contributed by atoms with Gasteiger partial charge >= 0.3 is 0 Å². The quantitative estimate of drug-likeness (QED) is 0.453. The maximum Gasteiger partial charge on any atom is 0.195 e. The fourth-order valence-corrected chi connectivity index (χ4v) is 2.61. The smallest absolute Gasteiger partial charge is 0.195 e. The van der Waals surface area contributed by atoms with Gasteiger partial charge in [-0.1, -0.05) is 30.3 Å². The highest BCUT2D eigenvalue weighted by atomic mass is 16.3. The van der Waals surface area contributed by atoms with Crippen LogP contribution in [0.3, 0.4) is 0 Å². The zero-order valence-electron chi connectivity index (χ0n) is 12.4. The molecule has 2 aromatic rings. The lowest BCUT2D eigenvalue weighted by Gasteiger charge is -2.10. The van der Waals surface area contributed by atoms with E-state index in [9.17, 15) is 14.7 Å². The fourth-order valence-electron chi connectivity index (χ4n) is 2.61. The lowest BCUT2D eigenvalue weighted by molar-refractivity contribution is 0.103. The number of ketones is 1. The van der Waals surface area contributed by atoms with E-state index in [2.05, 4.69) is 4.98 Å². The first kappa shape index (κ1) is 14.1. The third-order valence-electron chi connectivity index (χ3n) is 3.72. The van der Waals surface area contributed by atoms with Crippen LogP contribution in [0.25, 0.3) is 22.6 Å². The molecular weight excluding hydrogens is 306 g/mol. The largest absolute Gasteiger partial charge is 0.508 e. The van der Waals surface area contributed by atoms with Crippen LogP contribution >= 0.6 is 0 Å². The zero-order chi connectivity index (χ0) is 16.7. The Labute approximate surface area is 136 Å². The zero-order valence-corrected chi connectivity index (χ0v) is 12.4. The molecule has 0 fully saturated rings. The molecule has 116 valence electrons. The van der Waals surface area contributed by atoms with Crippen molar-refractivity contribution in [2.45, 2.75) is 0 Å². The summed E-state index contributed by atoms with van der Waals surface area (Å²) >= 11 is 0. The number of carbonyl (C=O) groups is 1. The summed E-state index contributed by atoms with van der Waals surface area (Å²) in [4.78, 5) is 29.1. The predicted molar refractivity (Wildman–Crippen MR) is 88.4 cm³/mol. The molecule has 0 amide bonds. The summed E-state index contributed by atoms with van der Waals surface area (Å²) in [6.45, 7) is 0. The van der Waals surface area contributed by atoms with Crippen molar-refractivity contribution >= 4 is 16.9 Å². The number of aromatic nitrogens is 1. The Hall–Kier alpha value is -3.47. The molecule has 2 aromatic carbocycles. The van der Waals surface area contributed by atoms with Crippen molar-refractivity contribution in [2.24, 2.45) is 0 Å². The Morgan fingerprint density at radius 3 is 2.58 bits per heavy atom. The van der Waals surface area contributed by atoms with Crippen molar-refractivity contribution in [3.8, 4) is 17.2 Å². The number of benzene rings is 3. The molecule has 1 aliphatic heterocycles. The number of fused-ring (bicyclic) bond motifs is 2. The topological polar surface area (TPSA) is 80.4 Å². The van der Waals surface area contributed by atoms with Gasteiger partial charge in [-0.3, -0.25) is 9.59 Å². The molecule has 1 heterocycles. The van der Waals surface area contributed by atoms with E-state index in [4.69, 9.17) is 4.42 Å². The molecule has 0 atom stereocenters. The molecule has 24 heavy (non-hydrogen) atoms. The number of nitrogens with zero attached hydrogens (tertiary/aromatic N) is 1. The molecule has 0 bridgehead atoms. The molecule has 5 nitrogen and oxygen atoms in total. The van der Waals surface area contributed by atoms with Gasteiger partial charge in [-0.05, 0) is 18.2 Å². The molecule has 1 aliphatic carbocycles. The third kappa shape index (κ3) is 2.32. The highest BCUT2D eigenvalue weighted by Gasteiger charge is 2.21. The summed E-state index contributed by atoms with van der Waals surface area (Å²) in [6.07, 6.45) is 0. The van der Waals surface area contributed by atoms with Gasteiger partial charge in [0.15, 0.2) is 22.6 Å². The summed E-state index contributed by atoms with van der Waals surface area (Å²) < 4.78 is 5.66. The number of phenolic OH excluding ortho intramolecular Hbond substituents is 1. The minimum absolute atomic E-state index is 0.0336. The molecule has 0 aromatic heterocycles. The second-order valence-corrected chi connectivity index (χ2v) is 5.38. The maximum absolute atomic E-state index is 12.7. The molecule has 0 saturated carbocycles. The molecule has 2 aliphatic rings. The van der Waals surface area contributed by atoms with Gasteiger partial charge in [-0.2, -0.15) is 0 Å². The summed E-state index contributed by atoms with van der Waals surface area (Å²) in [5.74, 6) is -0.0507. The van der Waals surface area contributed by atoms with Crippen LogP contribution in [0.2, 0.25) is 0 Å². The van der Waals surface area contributed by atoms with E-state index < -0.39 is 0 Å². The van der Waals surface area contributed by atoms with E-state index in [0.717, 1.165) is 0 Å². The number of aromatic hydroxyl groups is 1. The normalized spacial score (nSPS) is 11.0. The Kier molecular flexibility index (Phi) is 3.13. The van der Waals surface area contributed by atoms with E-state index in [1.165, 1.54) is 24.3 Å². The lowest BCUT2D eigenvalue weighted by Crippen LogP contribution is -2.11. The van der Waals surface area contributed by atoms with Crippen molar-refractivity contribution in [1.82, 2.24) is 4.98 Å². The van der Waals surface area contributed by atoms with E-state index >= 15 is 0 Å². The van der Waals surface area contributed by atoms with Gasteiger partial charge in [0.25, 0.3) is 0 Å². The second kappa shape index (κ2) is 5.31. The number of carbonyl (C=O) groups excluding carboxylic acids is 1. The summed E-state index contributed by atoms with van der Waals surface area (Å²) in [7, 11) is 0. The van der Waals surface area contributed by atoms with Crippen molar-refractivity contribution < 1.29 is 14.3 Å². The van der Waals surface area contributed by atoms with Crippen LogP contribution in [-0.2, 0) is 0 Å². The van der Waals surface area contributed by atoms with Crippen LogP contribution in [-0.4, -0.2) is 15.9 Å². The molecule has 0 spiro atoms. The first-order valence-corrected chi connectivity index (χ1v) is 7.29. The van der Waals surface area contributed by atoms with E-state index in [1.807, 2.05) is 6.07 Å². The summed E-state index contributed by atoms with van der Waals surface area (Å²) in [5.41, 5.74) is 1.47. The van der Waals surface area contributed by atoms with Gasteiger partial charge < -0.3 is 9.52 Å². The number of rotatable bonds is 2. The number of phenols is 1. The molecule has 0 unspecified atom stereocenters. The molecule has 5 heteroatoms. The summed E-state index contributed by atoms with van der Waals surface area (Å²) in [5, 5.41) is 9.54. The molecule has 1 N–H and O–H groups in total. The SMILES string of the molecule is O=C(c1ccccc1)c1cc(=O)cc2oc3cc(O)ccc3nc1-2. The van der Waals surface area contributed by atoms with Crippen molar-refractivity contribution in [1.29, 1.82) is 0 Å². The van der Waals surface area contributed by atoms with Crippen molar-refractivity contribution in [3.63, 3.8) is 0 Å². The van der Waals surface area contributed by atoms with Gasteiger partial charge in [0.1, 0.15) is 17.0 Å². The van der Waals surface area contributed by atoms with E-state index in [1.54, 1.807) is 30.3 Å². The van der Waals surface area contributed by atoms with Crippen LogP contribution in [0.15, 0.2) is 69.9 Å². The van der Waals surface area contributed by atoms with Crippen molar-refractivity contribution in [3.05, 3.63) is 82.0 Å². The average Bonchev–Trinajstić information content (AvgIpc) is 2.59. The average molecular weight is 317 g/mol. The van der Waals surface area contributed by atoms with Crippen LogP contribution < -0.4 is 5.43 Å². The molecular formula is C19H11NO4. The van der Waals surface area contributed by atoms with Crippen molar-refractivity contribution in [2.75, 3.05) is 0 Å². The Bertz CT molecular complexity index is 1100. The minimum atomic E-state index is -0.341. The van der Waals surface area contributed by atoms with Crippen LogP contribution in [0.4, 0.5) is 0 Å². The molecule has 4 rings (SSSR count). The van der Waals surface area contributed by atoms with Gasteiger partial charge in [0.2, 0.25) is 0 Å². The molecule has 0 saturated heterocycles. The maximum atomic E-state index is 12.7. The van der Waals surface area contributed by atoms with Gasteiger partial charge in [0, 0.05) is 17.7 Å². The first-order valence-electron chi connectivity index (χ1n) is 7.29. The molecule has 0 radical (unpaired) electrons.